The van der Waals surface area contributed by atoms with Crippen LogP contribution in [0, 0.1) is 17.0 Å². The first-order valence-corrected chi connectivity index (χ1v) is 7.41. The number of hydrogen-bond donors (Lipinski definition) is 1. The van der Waals surface area contributed by atoms with Gasteiger partial charge in [0.05, 0.1) is 18.6 Å². The van der Waals surface area contributed by atoms with Gasteiger partial charge in [-0.3, -0.25) is 19.6 Å². The number of hydrogen-bond acceptors (Lipinski definition) is 6. The summed E-state index contributed by atoms with van der Waals surface area (Å²) in [6.45, 7) is -1.19. The molecule has 2 rings (SSSR count). The molecule has 0 radical (unpaired) electrons. The molecule has 0 aliphatic rings. The van der Waals surface area contributed by atoms with E-state index in [4.69, 9.17) is 4.74 Å². The van der Waals surface area contributed by atoms with Crippen molar-refractivity contribution in [2.45, 2.75) is 26.5 Å². The van der Waals surface area contributed by atoms with Crippen molar-refractivity contribution < 1.29 is 28.0 Å². The number of nitrogens with zero attached hydrogens (tertiary/aromatic N) is 3. The second-order valence-electron chi connectivity index (χ2n) is 5.20. The number of rotatable bonds is 8. The number of amides is 1. The van der Waals surface area contributed by atoms with Gasteiger partial charge in [0.25, 0.3) is 0 Å². The van der Waals surface area contributed by atoms with Crippen molar-refractivity contribution in [3.8, 4) is 11.6 Å². The van der Waals surface area contributed by atoms with Crippen molar-refractivity contribution in [2.24, 2.45) is 0 Å². The van der Waals surface area contributed by atoms with E-state index in [0.29, 0.717) is 11.3 Å². The van der Waals surface area contributed by atoms with E-state index in [9.17, 15) is 23.7 Å². The first-order chi connectivity index (χ1) is 12.3. The van der Waals surface area contributed by atoms with Gasteiger partial charge in [0, 0.05) is 12.1 Å². The Balaban J connectivity index is 1.96. The standard InChI is InChI=1S/C15H16F2N4O5/c1-9-7-10(26-15(16)17)3-4-11(9)18-13(22)5-6-20-8-12(21(23)24)14(19-20)25-2/h3-4,7-8,15H,5-6H2,1-2H3,(H,18,22). The molecule has 2 aromatic rings. The van der Waals surface area contributed by atoms with Gasteiger partial charge in [-0.15, -0.1) is 5.10 Å². The highest BCUT2D eigenvalue weighted by Crippen LogP contribution is 2.25. The Labute approximate surface area is 146 Å². The highest BCUT2D eigenvalue weighted by Gasteiger charge is 2.20. The Bertz CT molecular complexity index is 809. The van der Waals surface area contributed by atoms with Crippen LogP contribution in [0.15, 0.2) is 24.4 Å². The van der Waals surface area contributed by atoms with Gasteiger partial charge in [0.15, 0.2) is 0 Å². The van der Waals surface area contributed by atoms with E-state index in [1.54, 1.807) is 6.92 Å². The molecule has 1 amide bonds. The number of nitrogens with one attached hydrogen (secondary N) is 1. The number of anilines is 1. The van der Waals surface area contributed by atoms with Crippen molar-refractivity contribution in [3.63, 3.8) is 0 Å². The zero-order valence-corrected chi connectivity index (χ0v) is 13.9. The maximum Gasteiger partial charge on any atom is 0.387 e. The molecule has 0 atom stereocenters. The Morgan fingerprint density at radius 2 is 2.19 bits per heavy atom. The molecule has 0 spiro atoms. The predicted octanol–water partition coefficient (Wildman–Crippen LogP) is 2.74. The monoisotopic (exact) mass is 370 g/mol. The number of carbonyl (C=O) groups excluding carboxylic acids is 1. The molecule has 1 heterocycles. The fourth-order valence-corrected chi connectivity index (χ4v) is 2.16. The lowest BCUT2D eigenvalue weighted by Gasteiger charge is -2.11. The number of alkyl halides is 2. The Kier molecular flexibility index (Phi) is 6.04. The second kappa shape index (κ2) is 8.23. The van der Waals surface area contributed by atoms with E-state index in [1.807, 2.05) is 0 Å². The van der Waals surface area contributed by atoms with E-state index < -0.39 is 11.5 Å². The number of nitro groups is 1. The topological polar surface area (TPSA) is 109 Å². The third-order valence-electron chi connectivity index (χ3n) is 3.36. The highest BCUT2D eigenvalue weighted by molar-refractivity contribution is 5.91. The molecular weight excluding hydrogens is 354 g/mol. The predicted molar refractivity (Wildman–Crippen MR) is 86.5 cm³/mol. The van der Waals surface area contributed by atoms with Crippen LogP contribution in [-0.4, -0.2) is 34.3 Å². The summed E-state index contributed by atoms with van der Waals surface area (Å²) in [5, 5.41) is 17.3. The summed E-state index contributed by atoms with van der Waals surface area (Å²) in [6, 6.07) is 4.15. The molecule has 0 saturated carbocycles. The SMILES string of the molecule is COc1nn(CCC(=O)Nc2ccc(OC(F)F)cc2C)cc1[N+](=O)[O-]. The molecule has 0 aliphatic heterocycles. The minimum atomic E-state index is -2.93. The molecule has 0 saturated heterocycles. The average Bonchev–Trinajstić information content (AvgIpc) is 2.98. The minimum Gasteiger partial charge on any atom is -0.475 e. The molecule has 11 heteroatoms. The van der Waals surface area contributed by atoms with Crippen LogP contribution in [0.5, 0.6) is 11.6 Å². The Morgan fingerprint density at radius 1 is 1.46 bits per heavy atom. The molecule has 0 fully saturated rings. The molecule has 140 valence electrons. The van der Waals surface area contributed by atoms with Gasteiger partial charge >= 0.3 is 18.2 Å². The van der Waals surface area contributed by atoms with Gasteiger partial charge < -0.3 is 14.8 Å². The summed E-state index contributed by atoms with van der Waals surface area (Å²) in [7, 11) is 1.26. The molecular formula is C15H16F2N4O5. The number of aromatic nitrogens is 2. The lowest BCUT2D eigenvalue weighted by molar-refractivity contribution is -0.385. The van der Waals surface area contributed by atoms with Crippen LogP contribution in [0.1, 0.15) is 12.0 Å². The molecule has 0 bridgehead atoms. The zero-order valence-electron chi connectivity index (χ0n) is 13.9. The third-order valence-corrected chi connectivity index (χ3v) is 3.36. The first-order valence-electron chi connectivity index (χ1n) is 7.41. The van der Waals surface area contributed by atoms with Gasteiger partial charge in [0.2, 0.25) is 5.91 Å². The van der Waals surface area contributed by atoms with Crippen LogP contribution in [0.4, 0.5) is 20.2 Å². The van der Waals surface area contributed by atoms with Crippen molar-refractivity contribution in [2.75, 3.05) is 12.4 Å². The molecule has 0 aliphatic carbocycles. The maximum atomic E-state index is 12.2. The van der Waals surface area contributed by atoms with E-state index in [1.165, 1.54) is 36.2 Å². The smallest absolute Gasteiger partial charge is 0.387 e. The number of carbonyl (C=O) groups is 1. The van der Waals surface area contributed by atoms with E-state index in [2.05, 4.69) is 15.2 Å². The molecule has 0 unspecified atom stereocenters. The fraction of sp³-hybridized carbons (Fsp3) is 0.333. The summed E-state index contributed by atoms with van der Waals surface area (Å²) < 4.78 is 34.7. The molecule has 1 aromatic carbocycles. The first kappa shape index (κ1) is 19.1. The summed E-state index contributed by atoms with van der Waals surface area (Å²) >= 11 is 0. The maximum absolute atomic E-state index is 12.2. The Hall–Kier alpha value is -3.24. The minimum absolute atomic E-state index is 0.00326. The molecule has 9 nitrogen and oxygen atoms in total. The average molecular weight is 370 g/mol. The van der Waals surface area contributed by atoms with Gasteiger partial charge in [-0.05, 0) is 30.7 Å². The lowest BCUT2D eigenvalue weighted by Crippen LogP contribution is -2.15. The van der Waals surface area contributed by atoms with Gasteiger partial charge in [-0.25, -0.2) is 0 Å². The van der Waals surface area contributed by atoms with Crippen LogP contribution < -0.4 is 14.8 Å². The largest absolute Gasteiger partial charge is 0.475 e. The second-order valence-corrected chi connectivity index (χ2v) is 5.20. The summed E-state index contributed by atoms with van der Waals surface area (Å²) in [5.41, 5.74) is 0.701. The quantitative estimate of drug-likeness (QED) is 0.565. The fourth-order valence-electron chi connectivity index (χ4n) is 2.16. The van der Waals surface area contributed by atoms with Crippen LogP contribution in [-0.2, 0) is 11.3 Å². The molecule has 1 aromatic heterocycles. The highest BCUT2D eigenvalue weighted by atomic mass is 19.3. The number of halogens is 2. The van der Waals surface area contributed by atoms with Crippen LogP contribution >= 0.6 is 0 Å². The van der Waals surface area contributed by atoms with E-state index >= 15 is 0 Å². The van der Waals surface area contributed by atoms with Crippen LogP contribution in [0.25, 0.3) is 0 Å². The van der Waals surface area contributed by atoms with E-state index in [0.717, 1.165) is 0 Å². The van der Waals surface area contributed by atoms with Crippen molar-refractivity contribution in [3.05, 3.63) is 40.1 Å². The number of aryl methyl sites for hydroxylation is 2. The number of methoxy groups -OCH3 is 1. The number of ether oxygens (including phenoxy) is 2. The Morgan fingerprint density at radius 3 is 2.73 bits per heavy atom. The zero-order chi connectivity index (χ0) is 19.3. The normalized spacial score (nSPS) is 10.7. The van der Waals surface area contributed by atoms with Crippen molar-refractivity contribution in [1.29, 1.82) is 0 Å². The third kappa shape index (κ3) is 4.88. The molecule has 1 N–H and O–H groups in total. The molecule has 26 heavy (non-hydrogen) atoms. The summed E-state index contributed by atoms with van der Waals surface area (Å²) in [5.74, 6) is -0.514. The summed E-state index contributed by atoms with van der Waals surface area (Å²) in [6.07, 6.45) is 1.17. The summed E-state index contributed by atoms with van der Waals surface area (Å²) in [4.78, 5) is 22.2. The number of benzene rings is 1. The van der Waals surface area contributed by atoms with Gasteiger partial charge in [0.1, 0.15) is 11.9 Å². The van der Waals surface area contributed by atoms with Crippen molar-refractivity contribution >= 4 is 17.3 Å². The van der Waals surface area contributed by atoms with Gasteiger partial charge in [-0.1, -0.05) is 0 Å². The van der Waals surface area contributed by atoms with Crippen LogP contribution in [0.2, 0.25) is 0 Å². The lowest BCUT2D eigenvalue weighted by atomic mass is 10.2. The van der Waals surface area contributed by atoms with Crippen molar-refractivity contribution in [1.82, 2.24) is 9.78 Å². The van der Waals surface area contributed by atoms with Gasteiger partial charge in [-0.2, -0.15) is 8.78 Å². The van der Waals surface area contributed by atoms with E-state index in [-0.39, 0.29) is 36.2 Å². The van der Waals surface area contributed by atoms with Crippen LogP contribution in [0.3, 0.4) is 0 Å².